The van der Waals surface area contributed by atoms with Crippen LogP contribution >= 0.6 is 0 Å². The Balaban J connectivity index is 1.82. The Morgan fingerprint density at radius 3 is 2.74 bits per heavy atom. The fourth-order valence-corrected chi connectivity index (χ4v) is 2.12. The van der Waals surface area contributed by atoms with Crippen molar-refractivity contribution in [2.45, 2.75) is 13.0 Å². The molecule has 0 aliphatic rings. The van der Waals surface area contributed by atoms with Crippen molar-refractivity contribution < 1.29 is 18.3 Å². The molecule has 0 aliphatic heterocycles. The number of nitrogens with one attached hydrogen (secondary N) is 1. The fourth-order valence-electron chi connectivity index (χ4n) is 2.12. The van der Waals surface area contributed by atoms with Crippen LogP contribution in [-0.4, -0.2) is 37.7 Å². The first kappa shape index (κ1) is 17.0. The van der Waals surface area contributed by atoms with Crippen molar-refractivity contribution in [1.29, 1.82) is 0 Å². The van der Waals surface area contributed by atoms with Crippen LogP contribution in [-0.2, 0) is 17.7 Å². The molecule has 0 atom stereocenters. The molecule has 0 spiro atoms. The number of halogens is 1. The van der Waals surface area contributed by atoms with Crippen LogP contribution in [0, 0.1) is 5.82 Å². The minimum atomic E-state index is -0.262. The van der Waals surface area contributed by atoms with Gasteiger partial charge in [0.2, 0.25) is 0 Å². The van der Waals surface area contributed by atoms with Crippen molar-refractivity contribution in [2.24, 2.45) is 0 Å². The third kappa shape index (κ3) is 5.75. The first-order valence-electron chi connectivity index (χ1n) is 7.47. The Morgan fingerprint density at radius 1 is 1.30 bits per heavy atom. The molecule has 0 fully saturated rings. The highest BCUT2D eigenvalue weighted by Crippen LogP contribution is 2.06. The van der Waals surface area contributed by atoms with Crippen molar-refractivity contribution in [2.75, 3.05) is 26.8 Å². The lowest BCUT2D eigenvalue weighted by molar-refractivity contribution is 0.143. The van der Waals surface area contributed by atoms with Gasteiger partial charge < -0.3 is 19.4 Å². The molecule has 0 radical (unpaired) electrons. The van der Waals surface area contributed by atoms with Gasteiger partial charge in [0.1, 0.15) is 11.6 Å². The molecule has 1 heterocycles. The summed E-state index contributed by atoms with van der Waals surface area (Å²) in [6.07, 6.45) is 2.22. The maximum Gasteiger partial charge on any atom is 0.317 e. The van der Waals surface area contributed by atoms with E-state index in [1.807, 2.05) is 6.07 Å². The SMILES string of the molecule is COCCN(Cc1ccco1)C(=O)NCCc1ccc(F)cc1. The quantitative estimate of drug-likeness (QED) is 0.814. The molecule has 23 heavy (non-hydrogen) atoms. The standard InChI is InChI=1S/C17H21FN2O3/c1-22-12-10-20(13-16-3-2-11-23-16)17(21)19-9-8-14-4-6-15(18)7-5-14/h2-7,11H,8-10,12-13H2,1H3,(H,19,21). The van der Waals surface area contributed by atoms with Gasteiger partial charge in [-0.15, -0.1) is 0 Å². The van der Waals surface area contributed by atoms with Crippen molar-refractivity contribution in [1.82, 2.24) is 10.2 Å². The molecule has 0 saturated carbocycles. The second-order valence-corrected chi connectivity index (χ2v) is 5.10. The van der Waals surface area contributed by atoms with Gasteiger partial charge in [0.05, 0.1) is 19.4 Å². The molecule has 1 aromatic heterocycles. The first-order chi connectivity index (χ1) is 11.2. The van der Waals surface area contributed by atoms with Crippen molar-refractivity contribution in [3.05, 3.63) is 59.8 Å². The summed E-state index contributed by atoms with van der Waals surface area (Å²) in [5.41, 5.74) is 0.973. The lowest BCUT2D eigenvalue weighted by Crippen LogP contribution is -2.41. The third-order valence-electron chi connectivity index (χ3n) is 3.38. The van der Waals surface area contributed by atoms with E-state index in [9.17, 15) is 9.18 Å². The van der Waals surface area contributed by atoms with E-state index >= 15 is 0 Å². The van der Waals surface area contributed by atoms with E-state index in [4.69, 9.17) is 9.15 Å². The van der Waals surface area contributed by atoms with Crippen LogP contribution in [0.4, 0.5) is 9.18 Å². The smallest absolute Gasteiger partial charge is 0.317 e. The molecule has 2 amide bonds. The highest BCUT2D eigenvalue weighted by atomic mass is 19.1. The van der Waals surface area contributed by atoms with Crippen LogP contribution in [0.25, 0.3) is 0 Å². The van der Waals surface area contributed by atoms with E-state index in [0.29, 0.717) is 32.7 Å². The van der Waals surface area contributed by atoms with Crippen LogP contribution in [0.2, 0.25) is 0 Å². The molecule has 124 valence electrons. The van der Waals surface area contributed by atoms with Gasteiger partial charge in [0.15, 0.2) is 0 Å². The Bertz CT molecular complexity index is 584. The molecular formula is C17H21FN2O3. The minimum Gasteiger partial charge on any atom is -0.467 e. The lowest BCUT2D eigenvalue weighted by Gasteiger charge is -2.21. The van der Waals surface area contributed by atoms with Crippen molar-refractivity contribution >= 4 is 6.03 Å². The third-order valence-corrected chi connectivity index (χ3v) is 3.38. The molecule has 1 aromatic carbocycles. The topological polar surface area (TPSA) is 54.7 Å². The van der Waals surface area contributed by atoms with Gasteiger partial charge in [-0.05, 0) is 36.2 Å². The van der Waals surface area contributed by atoms with E-state index in [1.54, 1.807) is 36.5 Å². The zero-order valence-electron chi connectivity index (χ0n) is 13.1. The van der Waals surface area contributed by atoms with Crippen LogP contribution < -0.4 is 5.32 Å². The average molecular weight is 320 g/mol. The number of carbonyl (C=O) groups is 1. The van der Waals surface area contributed by atoms with Crippen LogP contribution in [0.5, 0.6) is 0 Å². The monoisotopic (exact) mass is 320 g/mol. The summed E-state index contributed by atoms with van der Waals surface area (Å²) < 4.78 is 23.2. The van der Waals surface area contributed by atoms with Crippen LogP contribution in [0.1, 0.15) is 11.3 Å². The molecule has 0 aliphatic carbocycles. The number of urea groups is 1. The number of rotatable bonds is 8. The van der Waals surface area contributed by atoms with Crippen molar-refractivity contribution in [3.63, 3.8) is 0 Å². The number of nitrogens with zero attached hydrogens (tertiary/aromatic N) is 1. The van der Waals surface area contributed by atoms with Crippen LogP contribution in [0.3, 0.4) is 0 Å². The maximum absolute atomic E-state index is 12.8. The molecule has 6 heteroatoms. The van der Waals surface area contributed by atoms with E-state index in [2.05, 4.69) is 5.32 Å². The number of furan rings is 1. The number of amides is 2. The number of ether oxygens (including phenoxy) is 1. The number of hydrogen-bond donors (Lipinski definition) is 1. The molecule has 2 aromatic rings. The van der Waals surface area contributed by atoms with E-state index in [-0.39, 0.29) is 11.8 Å². The normalized spacial score (nSPS) is 10.5. The van der Waals surface area contributed by atoms with Gasteiger partial charge in [0.25, 0.3) is 0 Å². The minimum absolute atomic E-state index is 0.180. The molecule has 0 saturated heterocycles. The highest BCUT2D eigenvalue weighted by Gasteiger charge is 2.14. The van der Waals surface area contributed by atoms with E-state index in [0.717, 1.165) is 11.3 Å². The Hall–Kier alpha value is -2.34. The summed E-state index contributed by atoms with van der Waals surface area (Å²) in [5, 5.41) is 2.86. The fraction of sp³-hybridized carbons (Fsp3) is 0.353. The van der Waals surface area contributed by atoms with E-state index < -0.39 is 0 Å². The molecule has 1 N–H and O–H groups in total. The van der Waals surface area contributed by atoms with E-state index in [1.165, 1.54) is 12.1 Å². The van der Waals surface area contributed by atoms with Crippen molar-refractivity contribution in [3.8, 4) is 0 Å². The van der Waals surface area contributed by atoms with Gasteiger partial charge in [-0.25, -0.2) is 9.18 Å². The lowest BCUT2D eigenvalue weighted by atomic mass is 10.1. The summed E-state index contributed by atoms with van der Waals surface area (Å²) >= 11 is 0. The Morgan fingerprint density at radius 2 is 2.09 bits per heavy atom. The predicted octanol–water partition coefficient (Wildman–Crippen LogP) is 2.82. The largest absolute Gasteiger partial charge is 0.467 e. The average Bonchev–Trinajstić information content (AvgIpc) is 3.06. The van der Waals surface area contributed by atoms with Crippen LogP contribution in [0.15, 0.2) is 47.1 Å². The summed E-state index contributed by atoms with van der Waals surface area (Å²) in [7, 11) is 1.59. The molecule has 0 unspecified atom stereocenters. The zero-order chi connectivity index (χ0) is 16.5. The van der Waals surface area contributed by atoms with Gasteiger partial charge >= 0.3 is 6.03 Å². The molecule has 0 bridgehead atoms. The summed E-state index contributed by atoms with van der Waals surface area (Å²) in [6.45, 7) is 1.79. The van der Waals surface area contributed by atoms with Gasteiger partial charge in [0, 0.05) is 20.2 Å². The zero-order valence-corrected chi connectivity index (χ0v) is 13.1. The number of hydrogen-bond acceptors (Lipinski definition) is 3. The number of methoxy groups -OCH3 is 1. The Labute approximate surface area is 135 Å². The number of benzene rings is 1. The summed E-state index contributed by atoms with van der Waals surface area (Å²) in [6, 6.07) is 9.69. The first-order valence-corrected chi connectivity index (χ1v) is 7.47. The molecular weight excluding hydrogens is 299 g/mol. The summed E-state index contributed by atoms with van der Waals surface area (Å²) in [5.74, 6) is 0.455. The molecule has 2 rings (SSSR count). The van der Waals surface area contributed by atoms with Gasteiger partial charge in [-0.1, -0.05) is 12.1 Å². The highest BCUT2D eigenvalue weighted by molar-refractivity contribution is 5.74. The summed E-state index contributed by atoms with van der Waals surface area (Å²) in [4.78, 5) is 13.9. The molecule has 5 nitrogen and oxygen atoms in total. The van der Waals surface area contributed by atoms with Gasteiger partial charge in [-0.3, -0.25) is 0 Å². The predicted molar refractivity (Wildman–Crippen MR) is 84.5 cm³/mol. The second kappa shape index (κ2) is 8.95. The number of carbonyl (C=O) groups excluding carboxylic acids is 1. The maximum atomic E-state index is 12.8. The second-order valence-electron chi connectivity index (χ2n) is 5.10. The Kier molecular flexibility index (Phi) is 6.62. The van der Waals surface area contributed by atoms with Gasteiger partial charge in [-0.2, -0.15) is 0 Å².